The molecule has 4 rings (SSSR count). The summed E-state index contributed by atoms with van der Waals surface area (Å²) in [5, 5.41) is 15.4. The average Bonchev–Trinajstić information content (AvgIpc) is 3.21. The summed E-state index contributed by atoms with van der Waals surface area (Å²) >= 11 is 1.52. The molecule has 1 saturated heterocycles. The number of fused-ring (bicyclic) bond motifs is 1. The molecule has 2 N–H and O–H groups in total. The van der Waals surface area contributed by atoms with Crippen molar-refractivity contribution in [3.05, 3.63) is 34.5 Å². The monoisotopic (exact) mass is 417 g/mol. The van der Waals surface area contributed by atoms with E-state index in [1.54, 1.807) is 11.6 Å². The van der Waals surface area contributed by atoms with Crippen molar-refractivity contribution >= 4 is 16.3 Å². The van der Waals surface area contributed by atoms with Gasteiger partial charge in [0.25, 0.3) is 0 Å². The zero-order valence-corrected chi connectivity index (χ0v) is 18.3. The third-order valence-electron chi connectivity index (χ3n) is 5.60. The van der Waals surface area contributed by atoms with Gasteiger partial charge in [-0.25, -0.2) is 4.98 Å². The van der Waals surface area contributed by atoms with Crippen molar-refractivity contribution in [1.82, 2.24) is 14.6 Å². The highest BCUT2D eigenvalue weighted by Gasteiger charge is 2.35. The highest BCUT2D eigenvalue weighted by Crippen LogP contribution is 2.38. The number of rotatable bonds is 6. The van der Waals surface area contributed by atoms with Crippen LogP contribution < -0.4 is 14.4 Å². The SMILES string of the molecule is CCOc1ccc([C@@H](c2sc3nc(C)nn3c2O)[NH+]2CCC[C@H](C)C2)cc1OC. The Labute approximate surface area is 174 Å². The van der Waals surface area contributed by atoms with Gasteiger partial charge >= 0.3 is 0 Å². The summed E-state index contributed by atoms with van der Waals surface area (Å²) in [5.41, 5.74) is 1.10. The minimum atomic E-state index is -0.00358. The number of benzene rings is 1. The fourth-order valence-corrected chi connectivity index (χ4v) is 5.53. The molecule has 0 bridgehead atoms. The molecule has 29 heavy (non-hydrogen) atoms. The first-order chi connectivity index (χ1) is 14.0. The average molecular weight is 418 g/mol. The zero-order valence-electron chi connectivity index (χ0n) is 17.4. The third kappa shape index (κ3) is 3.79. The minimum absolute atomic E-state index is 0.00358. The van der Waals surface area contributed by atoms with E-state index in [0.717, 1.165) is 34.2 Å². The fraction of sp³-hybridized carbons (Fsp3) is 0.524. The highest BCUT2D eigenvalue weighted by atomic mass is 32.1. The number of aromatic hydroxyl groups is 1. The molecule has 0 spiro atoms. The van der Waals surface area contributed by atoms with Gasteiger partial charge in [0.05, 0.1) is 26.8 Å². The van der Waals surface area contributed by atoms with Gasteiger partial charge in [-0.1, -0.05) is 18.3 Å². The maximum Gasteiger partial charge on any atom is 0.235 e. The van der Waals surface area contributed by atoms with Crippen molar-refractivity contribution in [2.45, 2.75) is 39.7 Å². The van der Waals surface area contributed by atoms with Gasteiger partial charge < -0.3 is 19.5 Å². The Morgan fingerprint density at radius 3 is 2.90 bits per heavy atom. The van der Waals surface area contributed by atoms with E-state index >= 15 is 0 Å². The summed E-state index contributed by atoms with van der Waals surface area (Å²) in [6, 6.07) is 6.10. The Bertz CT molecular complexity index is 999. The molecule has 0 amide bonds. The number of aryl methyl sites for hydroxylation is 1. The van der Waals surface area contributed by atoms with Gasteiger partial charge in [-0.2, -0.15) is 4.52 Å². The number of hydrogen-bond donors (Lipinski definition) is 2. The van der Waals surface area contributed by atoms with Gasteiger partial charge in [-0.3, -0.25) is 0 Å². The standard InChI is InChI=1S/C21H28N4O3S/c1-5-28-16-9-8-15(11-17(16)27-4)18(24-10-6-7-13(2)12-24)19-20(26)25-21(29-19)22-14(3)23-25/h8-9,11,13,18,26H,5-7,10,12H2,1-4H3/p+1/t13-,18-/m0/s1. The minimum Gasteiger partial charge on any atom is -0.493 e. The first kappa shape index (κ1) is 20.0. The van der Waals surface area contributed by atoms with Crippen LogP contribution in [0.5, 0.6) is 17.4 Å². The number of hydrogen-bond acceptors (Lipinski definition) is 6. The molecule has 0 aliphatic carbocycles. The van der Waals surface area contributed by atoms with E-state index in [1.807, 2.05) is 26.0 Å². The fourth-order valence-electron chi connectivity index (χ4n) is 4.34. The molecule has 3 atom stereocenters. The Morgan fingerprint density at radius 2 is 2.21 bits per heavy atom. The highest BCUT2D eigenvalue weighted by molar-refractivity contribution is 7.17. The Morgan fingerprint density at radius 1 is 1.38 bits per heavy atom. The predicted molar refractivity (Wildman–Crippen MR) is 112 cm³/mol. The van der Waals surface area contributed by atoms with Crippen molar-refractivity contribution < 1.29 is 19.5 Å². The lowest BCUT2D eigenvalue weighted by Gasteiger charge is -2.34. The second-order valence-corrected chi connectivity index (χ2v) is 8.79. The predicted octanol–water partition coefficient (Wildman–Crippen LogP) is 2.62. The van der Waals surface area contributed by atoms with Crippen LogP contribution in [0, 0.1) is 12.8 Å². The number of nitrogens with one attached hydrogen (secondary N) is 1. The lowest BCUT2D eigenvalue weighted by atomic mass is 9.95. The Kier molecular flexibility index (Phi) is 5.65. The van der Waals surface area contributed by atoms with Crippen molar-refractivity contribution in [2.24, 2.45) is 5.92 Å². The summed E-state index contributed by atoms with van der Waals surface area (Å²) in [5.74, 6) is 2.96. The Balaban J connectivity index is 1.82. The normalized spacial score (nSPS) is 20.7. The molecule has 1 fully saturated rings. The van der Waals surface area contributed by atoms with Crippen molar-refractivity contribution in [3.63, 3.8) is 0 Å². The number of quaternary nitrogens is 1. The maximum atomic E-state index is 11.0. The van der Waals surface area contributed by atoms with Crippen LogP contribution in [0.4, 0.5) is 0 Å². The number of likely N-dealkylation sites (tertiary alicyclic amines) is 1. The first-order valence-corrected chi connectivity index (χ1v) is 11.0. The van der Waals surface area contributed by atoms with E-state index in [2.05, 4.69) is 23.1 Å². The van der Waals surface area contributed by atoms with Crippen LogP contribution in [-0.4, -0.2) is 46.5 Å². The summed E-state index contributed by atoms with van der Waals surface area (Å²) in [4.78, 5) is 7.53. The molecule has 1 aromatic carbocycles. The van der Waals surface area contributed by atoms with E-state index in [4.69, 9.17) is 9.47 Å². The van der Waals surface area contributed by atoms with Gasteiger partial charge in [0.2, 0.25) is 10.8 Å². The number of methoxy groups -OCH3 is 1. The molecule has 1 aliphatic heterocycles. The van der Waals surface area contributed by atoms with Crippen LogP contribution in [0.1, 0.15) is 49.0 Å². The molecule has 0 saturated carbocycles. The van der Waals surface area contributed by atoms with Crippen LogP contribution in [0.25, 0.3) is 4.96 Å². The van der Waals surface area contributed by atoms with Crippen LogP contribution in [0.15, 0.2) is 18.2 Å². The van der Waals surface area contributed by atoms with E-state index in [9.17, 15) is 5.11 Å². The molecular weight excluding hydrogens is 388 g/mol. The van der Waals surface area contributed by atoms with Crippen LogP contribution in [-0.2, 0) is 0 Å². The summed E-state index contributed by atoms with van der Waals surface area (Å²) in [6.07, 6.45) is 2.44. The smallest absolute Gasteiger partial charge is 0.235 e. The number of thiazole rings is 1. The van der Waals surface area contributed by atoms with Gasteiger partial charge in [-0.15, -0.1) is 5.10 Å². The van der Waals surface area contributed by atoms with E-state index in [1.165, 1.54) is 29.1 Å². The van der Waals surface area contributed by atoms with E-state index in [-0.39, 0.29) is 11.9 Å². The van der Waals surface area contributed by atoms with Gasteiger partial charge in [0, 0.05) is 11.5 Å². The van der Waals surface area contributed by atoms with Crippen LogP contribution in [0.2, 0.25) is 0 Å². The number of ether oxygens (including phenoxy) is 2. The number of nitrogens with zero attached hydrogens (tertiary/aromatic N) is 3. The lowest BCUT2D eigenvalue weighted by molar-refractivity contribution is -0.933. The summed E-state index contributed by atoms with van der Waals surface area (Å²) in [7, 11) is 1.66. The van der Waals surface area contributed by atoms with Crippen LogP contribution >= 0.6 is 11.3 Å². The zero-order chi connectivity index (χ0) is 20.5. The van der Waals surface area contributed by atoms with Crippen LogP contribution in [0.3, 0.4) is 0 Å². The number of aromatic nitrogens is 3. The van der Waals surface area contributed by atoms with Gasteiger partial charge in [0.15, 0.2) is 17.5 Å². The van der Waals surface area contributed by atoms with Crippen molar-refractivity contribution in [2.75, 3.05) is 26.8 Å². The second kappa shape index (κ2) is 8.20. The molecule has 1 unspecified atom stereocenters. The molecule has 3 aromatic rings. The quantitative estimate of drug-likeness (QED) is 0.645. The Hall–Kier alpha value is -2.32. The molecule has 8 heteroatoms. The van der Waals surface area contributed by atoms with Gasteiger partial charge in [-0.05, 0) is 44.9 Å². The first-order valence-electron chi connectivity index (χ1n) is 10.2. The molecule has 3 heterocycles. The van der Waals surface area contributed by atoms with Crippen molar-refractivity contribution in [1.29, 1.82) is 0 Å². The lowest BCUT2D eigenvalue weighted by Crippen LogP contribution is -3.13. The molecule has 0 radical (unpaired) electrons. The number of piperidine rings is 1. The van der Waals surface area contributed by atoms with E-state index in [0.29, 0.717) is 24.1 Å². The molecular formula is C21H29N4O3S+. The molecule has 2 aromatic heterocycles. The molecule has 1 aliphatic rings. The van der Waals surface area contributed by atoms with Gasteiger partial charge in [0.1, 0.15) is 10.7 Å². The second-order valence-electron chi connectivity index (χ2n) is 7.78. The topological polar surface area (TPSA) is 73.3 Å². The maximum absolute atomic E-state index is 11.0. The van der Waals surface area contributed by atoms with Crippen molar-refractivity contribution in [3.8, 4) is 17.4 Å². The largest absolute Gasteiger partial charge is 0.493 e. The molecule has 156 valence electrons. The van der Waals surface area contributed by atoms with E-state index < -0.39 is 0 Å². The summed E-state index contributed by atoms with van der Waals surface area (Å²) in [6.45, 7) is 8.82. The summed E-state index contributed by atoms with van der Waals surface area (Å²) < 4.78 is 12.9. The third-order valence-corrected chi connectivity index (χ3v) is 6.69. The molecule has 7 nitrogen and oxygen atoms in total.